The molecular weight excluding hydrogens is 368 g/mol. The number of aromatic nitrogens is 2. The molecule has 1 saturated heterocycles. The number of hydrogen-bond acceptors (Lipinski definition) is 5. The summed E-state index contributed by atoms with van der Waals surface area (Å²) in [6, 6.07) is 11.8. The molecule has 2 bridgehead atoms. The van der Waals surface area contributed by atoms with Gasteiger partial charge in [-0.1, -0.05) is 30.3 Å². The molecule has 6 rings (SSSR count). The summed E-state index contributed by atoms with van der Waals surface area (Å²) in [7, 11) is 0. The molecule has 7 heteroatoms. The van der Waals surface area contributed by atoms with Crippen molar-refractivity contribution in [2.24, 2.45) is 5.92 Å². The number of benzene rings is 1. The van der Waals surface area contributed by atoms with Gasteiger partial charge in [-0.25, -0.2) is 9.78 Å². The van der Waals surface area contributed by atoms with E-state index in [1.165, 1.54) is 6.07 Å². The fourth-order valence-electron chi connectivity index (χ4n) is 5.35. The average Bonchev–Trinajstić information content (AvgIpc) is 3.30. The van der Waals surface area contributed by atoms with Crippen LogP contribution >= 0.6 is 0 Å². The smallest absolute Gasteiger partial charge is 0.410 e. The maximum atomic E-state index is 12.4. The van der Waals surface area contributed by atoms with Gasteiger partial charge in [-0.05, 0) is 30.7 Å². The van der Waals surface area contributed by atoms with Crippen molar-refractivity contribution in [3.8, 4) is 0 Å². The molecule has 7 nitrogen and oxygen atoms in total. The fraction of sp³-hybridized carbons (Fsp3) is 0.500. The number of aromatic amines is 1. The van der Waals surface area contributed by atoms with E-state index in [1.54, 1.807) is 6.20 Å². The topological polar surface area (TPSA) is 78.5 Å². The molecule has 3 aliphatic carbocycles. The fourth-order valence-corrected chi connectivity index (χ4v) is 5.35. The summed E-state index contributed by atoms with van der Waals surface area (Å²) in [6.45, 7) is 3.46. The summed E-state index contributed by atoms with van der Waals surface area (Å²) in [4.78, 5) is 35.8. The molecule has 29 heavy (non-hydrogen) atoms. The van der Waals surface area contributed by atoms with Crippen LogP contribution in [0.1, 0.15) is 30.7 Å². The normalized spacial score (nSPS) is 28.8. The van der Waals surface area contributed by atoms with Crippen LogP contribution in [0, 0.1) is 5.92 Å². The van der Waals surface area contributed by atoms with Crippen molar-refractivity contribution in [2.45, 2.75) is 37.3 Å². The molecule has 1 atom stereocenters. The molecule has 2 heterocycles. The summed E-state index contributed by atoms with van der Waals surface area (Å²) in [6.07, 6.45) is 4.63. The van der Waals surface area contributed by atoms with E-state index in [0.717, 1.165) is 43.7 Å². The molecule has 1 N–H and O–H groups in total. The maximum Gasteiger partial charge on any atom is 0.410 e. The van der Waals surface area contributed by atoms with Crippen LogP contribution in [0.5, 0.6) is 0 Å². The predicted molar refractivity (Wildman–Crippen MR) is 107 cm³/mol. The van der Waals surface area contributed by atoms with E-state index >= 15 is 0 Å². The van der Waals surface area contributed by atoms with Crippen LogP contribution in [0.3, 0.4) is 0 Å². The zero-order valence-electron chi connectivity index (χ0n) is 16.4. The highest BCUT2D eigenvalue weighted by atomic mass is 16.6. The van der Waals surface area contributed by atoms with Gasteiger partial charge in [-0.15, -0.1) is 0 Å². The first-order valence-corrected chi connectivity index (χ1v) is 10.4. The second-order valence-electron chi connectivity index (χ2n) is 8.57. The minimum atomic E-state index is -0.230. The van der Waals surface area contributed by atoms with E-state index in [2.05, 4.69) is 14.9 Å². The van der Waals surface area contributed by atoms with Crippen molar-refractivity contribution in [3.63, 3.8) is 0 Å². The van der Waals surface area contributed by atoms with Crippen molar-refractivity contribution in [2.75, 3.05) is 26.2 Å². The average molecular weight is 394 g/mol. The third kappa shape index (κ3) is 3.44. The number of piperazine rings is 1. The Bertz CT molecular complexity index is 930. The molecule has 4 aliphatic rings. The number of hydrogen-bond donors (Lipinski definition) is 1. The Kier molecular flexibility index (Phi) is 4.62. The van der Waals surface area contributed by atoms with Crippen LogP contribution in [-0.4, -0.2) is 58.1 Å². The van der Waals surface area contributed by atoms with Gasteiger partial charge in [0.05, 0.1) is 0 Å². The molecule has 1 unspecified atom stereocenters. The molecule has 0 spiro atoms. The molecule has 3 saturated carbocycles. The van der Waals surface area contributed by atoms with E-state index in [4.69, 9.17) is 4.74 Å². The second-order valence-corrected chi connectivity index (χ2v) is 8.57. The summed E-state index contributed by atoms with van der Waals surface area (Å²) in [5, 5.41) is 0. The lowest BCUT2D eigenvalue weighted by Gasteiger charge is -2.40. The number of fused-ring (bicyclic) bond motifs is 1. The van der Waals surface area contributed by atoms with Crippen LogP contribution in [-0.2, 0) is 16.8 Å². The Morgan fingerprint density at radius 2 is 1.86 bits per heavy atom. The van der Waals surface area contributed by atoms with E-state index < -0.39 is 0 Å². The molecular formula is C22H26N4O3. The Morgan fingerprint density at radius 1 is 1.10 bits per heavy atom. The van der Waals surface area contributed by atoms with Crippen molar-refractivity contribution in [1.29, 1.82) is 0 Å². The lowest BCUT2D eigenvalue weighted by Crippen LogP contribution is -2.52. The molecule has 0 radical (unpaired) electrons. The van der Waals surface area contributed by atoms with Gasteiger partial charge >= 0.3 is 6.09 Å². The van der Waals surface area contributed by atoms with Gasteiger partial charge in [0.25, 0.3) is 5.56 Å². The lowest BCUT2D eigenvalue weighted by molar-refractivity contribution is 0.0538. The number of carbonyl (C=O) groups excluding carboxylic acids is 1. The number of H-pyrrole nitrogens is 1. The van der Waals surface area contributed by atoms with E-state index in [-0.39, 0.29) is 17.1 Å². The number of carbonyl (C=O) groups is 1. The minimum Gasteiger partial charge on any atom is -0.445 e. The molecule has 152 valence electrons. The van der Waals surface area contributed by atoms with Crippen molar-refractivity contribution < 1.29 is 9.53 Å². The van der Waals surface area contributed by atoms with Gasteiger partial charge in [0.2, 0.25) is 0 Å². The van der Waals surface area contributed by atoms with Gasteiger partial charge in [0.15, 0.2) is 0 Å². The van der Waals surface area contributed by atoms with Crippen molar-refractivity contribution in [3.05, 3.63) is 64.3 Å². The standard InChI is InChI=1S/C22H26N4O3/c27-19-6-7-23-20(24-19)22-12-17(13-22)18(14-22)25-8-10-26(11-9-25)21(28)29-15-16-4-2-1-3-5-16/h1-7,17-18H,8-15H2,(H,23,24,27). The van der Waals surface area contributed by atoms with Crippen LogP contribution in [0.4, 0.5) is 4.79 Å². The Morgan fingerprint density at radius 3 is 2.59 bits per heavy atom. The third-order valence-corrected chi connectivity index (χ3v) is 6.87. The first-order chi connectivity index (χ1) is 14.1. The first kappa shape index (κ1) is 18.4. The summed E-state index contributed by atoms with van der Waals surface area (Å²) in [5.41, 5.74) is 0.976. The van der Waals surface area contributed by atoms with E-state index in [1.807, 2.05) is 35.2 Å². The first-order valence-electron chi connectivity index (χ1n) is 10.4. The van der Waals surface area contributed by atoms with Crippen LogP contribution in [0.2, 0.25) is 0 Å². The summed E-state index contributed by atoms with van der Waals surface area (Å²) < 4.78 is 5.47. The Hall–Kier alpha value is -2.67. The van der Waals surface area contributed by atoms with Crippen LogP contribution in [0.15, 0.2) is 47.4 Å². The van der Waals surface area contributed by atoms with Crippen molar-refractivity contribution >= 4 is 6.09 Å². The number of amides is 1. The summed E-state index contributed by atoms with van der Waals surface area (Å²) >= 11 is 0. The Balaban J connectivity index is 1.14. The largest absolute Gasteiger partial charge is 0.445 e. The lowest BCUT2D eigenvalue weighted by atomic mass is 9.69. The molecule has 2 aromatic rings. The number of nitrogens with one attached hydrogen (secondary N) is 1. The number of rotatable bonds is 4. The number of ether oxygens (including phenoxy) is 1. The highest BCUT2D eigenvalue weighted by molar-refractivity contribution is 5.67. The highest BCUT2D eigenvalue weighted by Crippen LogP contribution is 2.60. The van der Waals surface area contributed by atoms with Gasteiger partial charge in [0, 0.05) is 49.9 Å². The van der Waals surface area contributed by atoms with Gasteiger partial charge in [0.1, 0.15) is 12.4 Å². The quantitative estimate of drug-likeness (QED) is 0.860. The molecule has 1 amide bonds. The Labute approximate surface area is 169 Å². The van der Waals surface area contributed by atoms with Gasteiger partial charge in [-0.3, -0.25) is 9.69 Å². The third-order valence-electron chi connectivity index (χ3n) is 6.87. The molecule has 1 aliphatic heterocycles. The van der Waals surface area contributed by atoms with Gasteiger partial charge in [-0.2, -0.15) is 0 Å². The minimum absolute atomic E-state index is 0.0432. The molecule has 1 aromatic carbocycles. The van der Waals surface area contributed by atoms with Gasteiger partial charge < -0.3 is 14.6 Å². The van der Waals surface area contributed by atoms with Crippen molar-refractivity contribution in [1.82, 2.24) is 19.8 Å². The van der Waals surface area contributed by atoms with Crippen LogP contribution in [0.25, 0.3) is 0 Å². The zero-order chi connectivity index (χ0) is 19.8. The van der Waals surface area contributed by atoms with E-state index in [0.29, 0.717) is 31.7 Å². The zero-order valence-corrected chi connectivity index (χ0v) is 16.4. The van der Waals surface area contributed by atoms with E-state index in [9.17, 15) is 9.59 Å². The van der Waals surface area contributed by atoms with Crippen LogP contribution < -0.4 is 5.56 Å². The monoisotopic (exact) mass is 394 g/mol. The number of nitrogens with zero attached hydrogens (tertiary/aromatic N) is 3. The predicted octanol–water partition coefficient (Wildman–Crippen LogP) is 2.14. The molecule has 4 fully saturated rings. The highest BCUT2D eigenvalue weighted by Gasteiger charge is 2.59. The summed E-state index contributed by atoms with van der Waals surface area (Å²) in [5.74, 6) is 1.52. The second kappa shape index (κ2) is 7.30. The SMILES string of the molecule is O=C(OCc1ccccc1)N1CCN(C2CC3(c4nccc(=O)[nH]4)CC2C3)CC1. The molecule has 1 aromatic heterocycles. The maximum absolute atomic E-state index is 12.4.